The number of benzene rings is 1. The number of nitrogens with one attached hydrogen (secondary N) is 1. The van der Waals surface area contributed by atoms with Gasteiger partial charge in [0.2, 0.25) is 5.89 Å². The monoisotopic (exact) mass is 340 g/mol. The Hall–Kier alpha value is -3.73. The summed E-state index contributed by atoms with van der Waals surface area (Å²) >= 11 is 0. The number of hydrogen-bond donors (Lipinski definition) is 1. The van der Waals surface area contributed by atoms with Crippen LogP contribution in [-0.4, -0.2) is 15.0 Å². The molecule has 0 aliphatic rings. The Bertz CT molecular complexity index is 1010. The van der Waals surface area contributed by atoms with Gasteiger partial charge in [-0.2, -0.15) is 0 Å². The molecular formula is C21H16N4O. The smallest absolute Gasteiger partial charge is 0.219 e. The number of oxazole rings is 1. The number of aromatic nitrogens is 3. The van der Waals surface area contributed by atoms with Gasteiger partial charge in [0, 0.05) is 12.3 Å². The van der Waals surface area contributed by atoms with Crippen LogP contribution in [-0.2, 0) is 0 Å². The number of nitrogens with zero attached hydrogens (tertiary/aromatic N) is 3. The van der Waals surface area contributed by atoms with Gasteiger partial charge in [0.1, 0.15) is 17.3 Å². The quantitative estimate of drug-likeness (QED) is 0.551. The van der Waals surface area contributed by atoms with E-state index >= 15 is 0 Å². The summed E-state index contributed by atoms with van der Waals surface area (Å²) < 4.78 is 5.79. The van der Waals surface area contributed by atoms with Crippen LogP contribution in [0.15, 0.2) is 83.5 Å². The van der Waals surface area contributed by atoms with Crippen molar-refractivity contribution in [3.8, 4) is 11.5 Å². The van der Waals surface area contributed by atoms with Gasteiger partial charge in [-0.05, 0) is 35.9 Å². The Kier molecular flexibility index (Phi) is 4.52. The van der Waals surface area contributed by atoms with E-state index < -0.39 is 0 Å². The Morgan fingerprint density at radius 2 is 1.62 bits per heavy atom. The van der Waals surface area contributed by atoms with Gasteiger partial charge in [-0.1, -0.05) is 42.5 Å². The lowest BCUT2D eigenvalue weighted by atomic mass is 10.2. The molecule has 0 spiro atoms. The maximum Gasteiger partial charge on any atom is 0.219 e. The normalized spacial score (nSPS) is 10.9. The molecule has 0 aliphatic carbocycles. The maximum atomic E-state index is 5.79. The molecule has 0 unspecified atom stereocenters. The van der Waals surface area contributed by atoms with Gasteiger partial charge in [-0.25, -0.2) is 15.0 Å². The Balaban J connectivity index is 1.52. The molecule has 5 nitrogen and oxygen atoms in total. The topological polar surface area (TPSA) is 63.8 Å². The first-order chi connectivity index (χ1) is 12.9. The second-order valence-electron chi connectivity index (χ2n) is 5.55. The van der Waals surface area contributed by atoms with E-state index in [2.05, 4.69) is 20.3 Å². The summed E-state index contributed by atoms with van der Waals surface area (Å²) in [6.07, 6.45) is 7.21. The molecule has 0 aliphatic heterocycles. The molecule has 3 heterocycles. The summed E-state index contributed by atoms with van der Waals surface area (Å²) in [4.78, 5) is 13.1. The van der Waals surface area contributed by atoms with Crippen molar-refractivity contribution in [1.82, 2.24) is 15.0 Å². The predicted octanol–water partition coefficient (Wildman–Crippen LogP) is 5.05. The average Bonchev–Trinajstić information content (AvgIpc) is 3.17. The van der Waals surface area contributed by atoms with Crippen LogP contribution in [0.1, 0.15) is 11.5 Å². The lowest BCUT2D eigenvalue weighted by Crippen LogP contribution is -1.95. The summed E-state index contributed by atoms with van der Waals surface area (Å²) in [7, 11) is 0. The van der Waals surface area contributed by atoms with Crippen LogP contribution in [0.2, 0.25) is 0 Å². The summed E-state index contributed by atoms with van der Waals surface area (Å²) in [6.45, 7) is 0. The highest BCUT2D eigenvalue weighted by Gasteiger charge is 2.07. The molecule has 0 saturated heterocycles. The molecular weight excluding hydrogens is 324 g/mol. The van der Waals surface area contributed by atoms with Gasteiger partial charge >= 0.3 is 0 Å². The summed E-state index contributed by atoms with van der Waals surface area (Å²) in [5, 5.41) is 3.17. The summed E-state index contributed by atoms with van der Waals surface area (Å²) in [5.41, 5.74) is 1.80. The summed E-state index contributed by atoms with van der Waals surface area (Å²) in [5.74, 6) is 2.58. The highest BCUT2D eigenvalue weighted by atomic mass is 16.4. The van der Waals surface area contributed by atoms with E-state index in [0.29, 0.717) is 23.2 Å². The zero-order valence-corrected chi connectivity index (χ0v) is 13.9. The molecule has 0 saturated carbocycles. The number of anilines is 2. The van der Waals surface area contributed by atoms with Crippen LogP contribution < -0.4 is 5.32 Å². The Morgan fingerprint density at radius 3 is 2.46 bits per heavy atom. The van der Waals surface area contributed by atoms with Crippen molar-refractivity contribution >= 4 is 23.8 Å². The molecule has 0 radical (unpaired) electrons. The molecule has 26 heavy (non-hydrogen) atoms. The molecule has 0 bridgehead atoms. The average molecular weight is 340 g/mol. The highest BCUT2D eigenvalue weighted by Crippen LogP contribution is 2.22. The van der Waals surface area contributed by atoms with Gasteiger partial charge in [0.15, 0.2) is 5.76 Å². The van der Waals surface area contributed by atoms with Crippen molar-refractivity contribution in [3.63, 3.8) is 0 Å². The molecule has 5 heteroatoms. The predicted molar refractivity (Wildman–Crippen MR) is 103 cm³/mol. The Labute approximate surface area is 151 Å². The molecule has 4 aromatic rings. The molecule has 3 aromatic heterocycles. The van der Waals surface area contributed by atoms with E-state index in [1.165, 1.54) is 0 Å². The van der Waals surface area contributed by atoms with Crippen LogP contribution in [0.5, 0.6) is 0 Å². The van der Waals surface area contributed by atoms with Crippen molar-refractivity contribution in [2.45, 2.75) is 0 Å². The largest absolute Gasteiger partial charge is 0.435 e. The summed E-state index contributed by atoms with van der Waals surface area (Å²) in [6, 6.07) is 21.4. The first-order valence-electron chi connectivity index (χ1n) is 8.21. The number of rotatable bonds is 5. The SMILES string of the molecule is C(=Cc1ncc(-c2cccc(Nc3ccccn3)n2)o1)c1ccccc1. The first kappa shape index (κ1) is 15.8. The molecule has 0 fully saturated rings. The zero-order chi connectivity index (χ0) is 17.6. The van der Waals surface area contributed by atoms with Gasteiger partial charge in [0.05, 0.1) is 6.20 Å². The van der Waals surface area contributed by atoms with Crippen LogP contribution in [0.3, 0.4) is 0 Å². The van der Waals surface area contributed by atoms with Crippen molar-refractivity contribution in [3.05, 3.63) is 90.6 Å². The van der Waals surface area contributed by atoms with E-state index in [1.807, 2.05) is 78.9 Å². The van der Waals surface area contributed by atoms with Crippen molar-refractivity contribution in [1.29, 1.82) is 0 Å². The van der Waals surface area contributed by atoms with Crippen molar-refractivity contribution in [2.24, 2.45) is 0 Å². The second-order valence-corrected chi connectivity index (χ2v) is 5.55. The van der Waals surface area contributed by atoms with Crippen LogP contribution in [0.4, 0.5) is 11.6 Å². The van der Waals surface area contributed by atoms with Gasteiger partial charge in [-0.3, -0.25) is 0 Å². The fourth-order valence-electron chi connectivity index (χ4n) is 2.42. The fraction of sp³-hybridized carbons (Fsp3) is 0. The lowest BCUT2D eigenvalue weighted by Gasteiger charge is -2.05. The standard InChI is InChI=1S/C21H16N4O/c1-2-7-16(8-3-1)12-13-21-23-15-18(26-21)17-9-6-11-20(24-17)25-19-10-4-5-14-22-19/h1-15H,(H,22,24,25). The third-order valence-corrected chi connectivity index (χ3v) is 3.66. The molecule has 0 atom stereocenters. The molecule has 1 aromatic carbocycles. The minimum atomic E-state index is 0.536. The van der Waals surface area contributed by atoms with Gasteiger partial charge in [0.25, 0.3) is 0 Å². The van der Waals surface area contributed by atoms with E-state index in [-0.39, 0.29) is 0 Å². The number of pyridine rings is 2. The molecule has 0 amide bonds. The van der Waals surface area contributed by atoms with Crippen LogP contribution in [0.25, 0.3) is 23.6 Å². The van der Waals surface area contributed by atoms with Gasteiger partial charge in [-0.15, -0.1) is 0 Å². The second kappa shape index (κ2) is 7.44. The van der Waals surface area contributed by atoms with E-state index in [4.69, 9.17) is 4.42 Å². The maximum absolute atomic E-state index is 5.79. The van der Waals surface area contributed by atoms with Gasteiger partial charge < -0.3 is 9.73 Å². The molecule has 126 valence electrons. The number of hydrogen-bond acceptors (Lipinski definition) is 5. The lowest BCUT2D eigenvalue weighted by molar-refractivity contribution is 0.558. The van der Waals surface area contributed by atoms with E-state index in [9.17, 15) is 0 Å². The zero-order valence-electron chi connectivity index (χ0n) is 13.9. The highest BCUT2D eigenvalue weighted by molar-refractivity contribution is 5.67. The van der Waals surface area contributed by atoms with Crippen LogP contribution >= 0.6 is 0 Å². The van der Waals surface area contributed by atoms with Crippen molar-refractivity contribution < 1.29 is 4.42 Å². The third-order valence-electron chi connectivity index (χ3n) is 3.66. The van der Waals surface area contributed by atoms with E-state index in [1.54, 1.807) is 12.4 Å². The fourth-order valence-corrected chi connectivity index (χ4v) is 2.42. The Morgan fingerprint density at radius 1 is 0.769 bits per heavy atom. The first-order valence-corrected chi connectivity index (χ1v) is 8.21. The molecule has 1 N–H and O–H groups in total. The minimum Gasteiger partial charge on any atom is -0.435 e. The van der Waals surface area contributed by atoms with E-state index in [0.717, 1.165) is 11.4 Å². The third kappa shape index (κ3) is 3.84. The van der Waals surface area contributed by atoms with Crippen LogP contribution in [0, 0.1) is 0 Å². The van der Waals surface area contributed by atoms with Crippen molar-refractivity contribution in [2.75, 3.05) is 5.32 Å². The minimum absolute atomic E-state index is 0.536. The molecule has 4 rings (SSSR count).